The fraction of sp³-hybridized carbons (Fsp3) is 0.526. The first-order chi connectivity index (χ1) is 11.7. The molecule has 5 heteroatoms. The predicted octanol–water partition coefficient (Wildman–Crippen LogP) is 2.88. The molecule has 124 valence electrons. The van der Waals surface area contributed by atoms with Crippen molar-refractivity contribution < 1.29 is 9.32 Å². The summed E-state index contributed by atoms with van der Waals surface area (Å²) in [6.45, 7) is 1.65. The van der Waals surface area contributed by atoms with Gasteiger partial charge in [0.2, 0.25) is 11.8 Å². The molecule has 5 nitrogen and oxygen atoms in total. The third kappa shape index (κ3) is 2.34. The maximum absolute atomic E-state index is 12.2. The van der Waals surface area contributed by atoms with E-state index < -0.39 is 0 Å². The highest BCUT2D eigenvalue weighted by molar-refractivity contribution is 5.79. The lowest BCUT2D eigenvalue weighted by Gasteiger charge is -2.15. The summed E-state index contributed by atoms with van der Waals surface area (Å²) in [5, 5.41) is 4.23. The molecule has 1 aliphatic heterocycles. The molecule has 0 spiro atoms. The number of nitrogens with zero attached hydrogens (tertiary/aromatic N) is 3. The Balaban J connectivity index is 1.35. The molecule has 2 saturated carbocycles. The van der Waals surface area contributed by atoms with Crippen LogP contribution in [0.5, 0.6) is 0 Å². The van der Waals surface area contributed by atoms with Crippen molar-refractivity contribution in [2.45, 2.75) is 43.4 Å². The predicted molar refractivity (Wildman–Crippen MR) is 87.4 cm³/mol. The molecule has 0 unspecified atom stereocenters. The normalized spacial score (nSPS) is 25.2. The van der Waals surface area contributed by atoms with Crippen LogP contribution in [0.15, 0.2) is 34.9 Å². The van der Waals surface area contributed by atoms with Gasteiger partial charge in [-0.3, -0.25) is 4.79 Å². The number of carbonyl (C=O) groups is 1. The van der Waals surface area contributed by atoms with Crippen LogP contribution in [0.4, 0.5) is 0 Å². The van der Waals surface area contributed by atoms with Gasteiger partial charge in [0.15, 0.2) is 5.82 Å². The largest absolute Gasteiger partial charge is 0.342 e. The Morgan fingerprint density at radius 1 is 1.21 bits per heavy atom. The molecule has 24 heavy (non-hydrogen) atoms. The van der Waals surface area contributed by atoms with Crippen molar-refractivity contribution in [1.29, 1.82) is 0 Å². The average Bonchev–Trinajstić information content (AvgIpc) is 3.51. The molecular weight excluding hydrogens is 302 g/mol. The Morgan fingerprint density at radius 3 is 2.71 bits per heavy atom. The van der Waals surface area contributed by atoms with E-state index in [1.165, 1.54) is 18.4 Å². The molecule has 1 amide bonds. The lowest BCUT2D eigenvalue weighted by molar-refractivity contribution is -0.127. The maximum Gasteiger partial charge on any atom is 0.237 e. The molecule has 1 aromatic heterocycles. The van der Waals surface area contributed by atoms with Crippen LogP contribution in [-0.2, 0) is 10.2 Å². The first-order valence-corrected chi connectivity index (χ1v) is 8.92. The van der Waals surface area contributed by atoms with Crippen LogP contribution in [0.2, 0.25) is 0 Å². The van der Waals surface area contributed by atoms with Gasteiger partial charge in [0.1, 0.15) is 0 Å². The van der Waals surface area contributed by atoms with Crippen LogP contribution in [0.25, 0.3) is 0 Å². The second-order valence-corrected chi connectivity index (χ2v) is 7.55. The van der Waals surface area contributed by atoms with Crippen LogP contribution >= 0.6 is 0 Å². The fourth-order valence-corrected chi connectivity index (χ4v) is 3.84. The van der Waals surface area contributed by atoms with E-state index in [2.05, 4.69) is 29.4 Å². The first kappa shape index (κ1) is 14.2. The lowest BCUT2D eigenvalue weighted by Crippen LogP contribution is -2.27. The molecule has 1 atom stereocenters. The molecule has 2 aromatic rings. The van der Waals surface area contributed by atoms with E-state index in [0.29, 0.717) is 12.2 Å². The quantitative estimate of drug-likeness (QED) is 0.849. The van der Waals surface area contributed by atoms with Crippen molar-refractivity contribution >= 4 is 5.91 Å². The Kier molecular flexibility index (Phi) is 3.05. The van der Waals surface area contributed by atoms with Crippen molar-refractivity contribution in [2.75, 3.05) is 13.1 Å². The number of hydrogen-bond donors (Lipinski definition) is 0. The van der Waals surface area contributed by atoms with Crippen molar-refractivity contribution in [3.05, 3.63) is 47.6 Å². The van der Waals surface area contributed by atoms with Gasteiger partial charge in [-0.1, -0.05) is 35.5 Å². The molecule has 0 radical (unpaired) electrons. The van der Waals surface area contributed by atoms with Gasteiger partial charge in [-0.05, 0) is 37.2 Å². The Hall–Kier alpha value is -2.17. The summed E-state index contributed by atoms with van der Waals surface area (Å²) in [6, 6.07) is 10.4. The maximum atomic E-state index is 12.2. The Morgan fingerprint density at radius 2 is 2.00 bits per heavy atom. The highest BCUT2D eigenvalue weighted by atomic mass is 16.5. The summed E-state index contributed by atoms with van der Waals surface area (Å²) in [5.74, 6) is 2.47. The van der Waals surface area contributed by atoms with Crippen molar-refractivity contribution in [3.63, 3.8) is 0 Å². The Bertz CT molecular complexity index is 762. The van der Waals surface area contributed by atoms with Gasteiger partial charge in [-0.15, -0.1) is 0 Å². The molecule has 1 aromatic carbocycles. The zero-order chi connectivity index (χ0) is 16.1. The number of likely N-dealkylation sites (tertiary alicyclic amines) is 1. The van der Waals surface area contributed by atoms with Gasteiger partial charge in [0.05, 0.1) is 5.41 Å². The number of amides is 1. The minimum Gasteiger partial charge on any atom is -0.342 e. The Labute approximate surface area is 141 Å². The first-order valence-electron chi connectivity index (χ1n) is 8.92. The van der Waals surface area contributed by atoms with E-state index in [4.69, 9.17) is 9.51 Å². The molecule has 3 aliphatic rings. The smallest absolute Gasteiger partial charge is 0.237 e. The molecule has 5 rings (SSSR count). The molecule has 2 aliphatic carbocycles. The van der Waals surface area contributed by atoms with E-state index in [9.17, 15) is 4.79 Å². The van der Waals surface area contributed by atoms with Gasteiger partial charge in [-0.25, -0.2) is 0 Å². The van der Waals surface area contributed by atoms with Gasteiger partial charge in [-0.2, -0.15) is 4.98 Å². The van der Waals surface area contributed by atoms with E-state index >= 15 is 0 Å². The lowest BCUT2D eigenvalue weighted by atomic mass is 9.96. The van der Waals surface area contributed by atoms with Crippen molar-refractivity contribution in [3.8, 4) is 0 Å². The standard InChI is InChI=1S/C19H21N3O2/c23-16-10-14(12-22(16)11-13-6-7-13)17-20-18(24-21-17)19(8-9-19)15-4-2-1-3-5-15/h1-5,13-14H,6-12H2/t14-/m1/s1. The van der Waals surface area contributed by atoms with Crippen LogP contribution in [0, 0.1) is 5.92 Å². The van der Waals surface area contributed by atoms with E-state index in [1.54, 1.807) is 0 Å². The summed E-state index contributed by atoms with van der Waals surface area (Å²) >= 11 is 0. The van der Waals surface area contributed by atoms with Crippen LogP contribution in [0.1, 0.15) is 55.3 Å². The number of benzene rings is 1. The molecule has 2 heterocycles. The van der Waals surface area contributed by atoms with Crippen LogP contribution in [0.3, 0.4) is 0 Å². The second-order valence-electron chi connectivity index (χ2n) is 7.55. The third-order valence-corrected chi connectivity index (χ3v) is 5.68. The highest BCUT2D eigenvalue weighted by Gasteiger charge is 2.51. The SMILES string of the molecule is O=C1C[C@@H](c2noc(C3(c4ccccc4)CC3)n2)CN1CC1CC1. The van der Waals surface area contributed by atoms with Crippen LogP contribution in [-0.4, -0.2) is 34.0 Å². The molecule has 1 saturated heterocycles. The zero-order valence-corrected chi connectivity index (χ0v) is 13.6. The minimum absolute atomic E-state index is 0.0836. The van der Waals surface area contributed by atoms with Gasteiger partial charge < -0.3 is 9.42 Å². The number of rotatable bonds is 5. The molecule has 3 fully saturated rings. The van der Waals surface area contributed by atoms with Crippen molar-refractivity contribution in [2.24, 2.45) is 5.92 Å². The van der Waals surface area contributed by atoms with E-state index in [1.807, 2.05) is 11.0 Å². The fourth-order valence-electron chi connectivity index (χ4n) is 3.84. The summed E-state index contributed by atoms with van der Waals surface area (Å²) in [4.78, 5) is 18.9. The monoisotopic (exact) mass is 323 g/mol. The number of hydrogen-bond acceptors (Lipinski definition) is 4. The summed E-state index contributed by atoms with van der Waals surface area (Å²) in [5.41, 5.74) is 1.15. The topological polar surface area (TPSA) is 59.2 Å². The van der Waals surface area contributed by atoms with E-state index in [-0.39, 0.29) is 17.2 Å². The van der Waals surface area contributed by atoms with E-state index in [0.717, 1.165) is 37.7 Å². The molecule has 0 N–H and O–H groups in total. The summed E-state index contributed by atoms with van der Waals surface area (Å²) < 4.78 is 5.63. The third-order valence-electron chi connectivity index (χ3n) is 5.68. The van der Waals surface area contributed by atoms with Crippen LogP contribution < -0.4 is 0 Å². The summed E-state index contributed by atoms with van der Waals surface area (Å²) in [6.07, 6.45) is 5.15. The minimum atomic E-state index is -0.0944. The van der Waals surface area contributed by atoms with Gasteiger partial charge in [0.25, 0.3) is 0 Å². The molecule has 0 bridgehead atoms. The average molecular weight is 323 g/mol. The molecular formula is C19H21N3O2. The van der Waals surface area contributed by atoms with Gasteiger partial charge >= 0.3 is 0 Å². The summed E-state index contributed by atoms with van der Waals surface area (Å²) in [7, 11) is 0. The number of carbonyl (C=O) groups excluding carboxylic acids is 1. The highest BCUT2D eigenvalue weighted by Crippen LogP contribution is 2.53. The van der Waals surface area contributed by atoms with Crippen molar-refractivity contribution in [1.82, 2.24) is 15.0 Å². The van der Waals surface area contributed by atoms with Gasteiger partial charge in [0, 0.05) is 25.4 Å². The second kappa shape index (κ2) is 5.16. The number of aromatic nitrogens is 2. The zero-order valence-electron chi connectivity index (χ0n) is 13.6.